The van der Waals surface area contributed by atoms with E-state index in [1.165, 1.54) is 4.68 Å². The van der Waals surface area contributed by atoms with E-state index >= 15 is 0 Å². The van der Waals surface area contributed by atoms with Crippen molar-refractivity contribution in [2.75, 3.05) is 10.6 Å². The largest absolute Gasteiger partial charge is 0.326 e. The lowest BCUT2D eigenvalue weighted by molar-refractivity contribution is -0.123. The Morgan fingerprint density at radius 2 is 2.23 bits per heavy atom. The van der Waals surface area contributed by atoms with E-state index in [0.717, 1.165) is 5.56 Å². The number of benzene rings is 1. The zero-order valence-corrected chi connectivity index (χ0v) is 12.8. The minimum absolute atomic E-state index is 0.0203. The Kier molecular flexibility index (Phi) is 3.58. The van der Waals surface area contributed by atoms with Crippen LogP contribution in [-0.4, -0.2) is 26.6 Å². The second kappa shape index (κ2) is 5.42. The van der Waals surface area contributed by atoms with Crippen LogP contribution in [0, 0.1) is 13.8 Å². The SMILES string of the molecule is Cc1nc2n(n1)[C@@H](CC(=O)Nc1cccc(Cl)c1C)C(=O)N2. The molecule has 2 N–H and O–H groups in total. The van der Waals surface area contributed by atoms with Gasteiger partial charge in [-0.1, -0.05) is 17.7 Å². The van der Waals surface area contributed by atoms with Crippen molar-refractivity contribution < 1.29 is 9.59 Å². The lowest BCUT2D eigenvalue weighted by atomic mass is 10.1. The maximum absolute atomic E-state index is 12.2. The van der Waals surface area contributed by atoms with Gasteiger partial charge in [-0.2, -0.15) is 10.1 Å². The van der Waals surface area contributed by atoms with Crippen LogP contribution in [0.5, 0.6) is 0 Å². The van der Waals surface area contributed by atoms with E-state index in [9.17, 15) is 9.59 Å². The van der Waals surface area contributed by atoms with E-state index in [1.807, 2.05) is 6.92 Å². The Bertz CT molecular complexity index is 771. The number of amides is 2. The Morgan fingerprint density at radius 3 is 3.00 bits per heavy atom. The van der Waals surface area contributed by atoms with Crippen LogP contribution in [0.15, 0.2) is 18.2 Å². The standard InChI is InChI=1S/C14H14ClN5O2/c1-7-9(15)4-3-5-10(7)17-12(21)6-11-13(22)18-14-16-8(2)19-20(11)14/h3-5,11H,6H2,1-2H3,(H,17,21)(H,16,18,19,22)/t11-/m0/s1. The lowest BCUT2D eigenvalue weighted by Gasteiger charge is -2.12. The molecule has 2 aromatic rings. The highest BCUT2D eigenvalue weighted by Gasteiger charge is 2.34. The number of aromatic nitrogens is 3. The number of nitrogens with zero attached hydrogens (tertiary/aromatic N) is 3. The van der Waals surface area contributed by atoms with Crippen LogP contribution >= 0.6 is 11.6 Å². The van der Waals surface area contributed by atoms with E-state index in [-0.39, 0.29) is 18.2 Å². The maximum atomic E-state index is 12.2. The predicted octanol–water partition coefficient (Wildman–Crippen LogP) is 2.07. The Labute approximate surface area is 131 Å². The summed E-state index contributed by atoms with van der Waals surface area (Å²) < 4.78 is 1.45. The van der Waals surface area contributed by atoms with Gasteiger partial charge in [0, 0.05) is 10.7 Å². The monoisotopic (exact) mass is 319 g/mol. The fourth-order valence-corrected chi connectivity index (χ4v) is 2.51. The molecule has 0 bridgehead atoms. The van der Waals surface area contributed by atoms with Gasteiger partial charge in [0.25, 0.3) is 5.91 Å². The first-order valence-corrected chi connectivity index (χ1v) is 7.12. The van der Waals surface area contributed by atoms with Gasteiger partial charge in [0.15, 0.2) is 0 Å². The summed E-state index contributed by atoms with van der Waals surface area (Å²) in [7, 11) is 0. The average Bonchev–Trinajstić information content (AvgIpc) is 2.93. The third-order valence-electron chi connectivity index (χ3n) is 3.49. The van der Waals surface area contributed by atoms with Gasteiger partial charge in [-0.25, -0.2) is 4.68 Å². The van der Waals surface area contributed by atoms with Gasteiger partial charge >= 0.3 is 0 Å². The van der Waals surface area contributed by atoms with Crippen LogP contribution in [0.1, 0.15) is 23.9 Å². The molecule has 0 unspecified atom stereocenters. The number of rotatable bonds is 3. The Balaban J connectivity index is 1.75. The van der Waals surface area contributed by atoms with Crippen LogP contribution in [0.25, 0.3) is 0 Å². The van der Waals surface area contributed by atoms with Crippen molar-refractivity contribution in [1.29, 1.82) is 0 Å². The Hall–Kier alpha value is -2.41. The van der Waals surface area contributed by atoms with Gasteiger partial charge in [-0.15, -0.1) is 0 Å². The maximum Gasteiger partial charge on any atom is 0.252 e. The number of aryl methyl sites for hydroxylation is 1. The summed E-state index contributed by atoms with van der Waals surface area (Å²) in [6.45, 7) is 3.54. The number of hydrogen-bond donors (Lipinski definition) is 2. The fourth-order valence-electron chi connectivity index (χ4n) is 2.34. The van der Waals surface area contributed by atoms with Gasteiger partial charge in [0.05, 0.1) is 6.42 Å². The lowest BCUT2D eigenvalue weighted by Crippen LogP contribution is -2.24. The van der Waals surface area contributed by atoms with Crippen LogP contribution in [0.3, 0.4) is 0 Å². The summed E-state index contributed by atoms with van der Waals surface area (Å²) in [6.07, 6.45) is -0.0203. The fraction of sp³-hybridized carbons (Fsp3) is 0.286. The van der Waals surface area contributed by atoms with Crippen LogP contribution < -0.4 is 10.6 Å². The molecule has 0 saturated carbocycles. The number of nitrogens with one attached hydrogen (secondary N) is 2. The second-order valence-corrected chi connectivity index (χ2v) is 5.50. The molecule has 0 fully saturated rings. The molecular weight excluding hydrogens is 306 g/mol. The summed E-state index contributed by atoms with van der Waals surface area (Å²) >= 11 is 6.02. The molecule has 1 atom stereocenters. The molecule has 114 valence electrons. The molecule has 2 amide bonds. The summed E-state index contributed by atoms with van der Waals surface area (Å²) in [5, 5.41) is 10.1. The quantitative estimate of drug-likeness (QED) is 0.906. The van der Waals surface area contributed by atoms with Gasteiger partial charge in [-0.3, -0.25) is 14.9 Å². The van der Waals surface area contributed by atoms with Crippen molar-refractivity contribution in [3.05, 3.63) is 34.6 Å². The predicted molar refractivity (Wildman–Crippen MR) is 81.9 cm³/mol. The highest BCUT2D eigenvalue weighted by molar-refractivity contribution is 6.31. The van der Waals surface area contributed by atoms with E-state index in [4.69, 9.17) is 11.6 Å². The van der Waals surface area contributed by atoms with Crippen LogP contribution in [0.2, 0.25) is 5.02 Å². The number of anilines is 2. The molecule has 22 heavy (non-hydrogen) atoms. The average molecular weight is 320 g/mol. The van der Waals surface area contributed by atoms with E-state index < -0.39 is 6.04 Å². The number of fused-ring (bicyclic) bond motifs is 1. The summed E-state index contributed by atoms with van der Waals surface area (Å²) in [5.41, 5.74) is 1.41. The van der Waals surface area contributed by atoms with E-state index in [2.05, 4.69) is 20.7 Å². The highest BCUT2D eigenvalue weighted by atomic mass is 35.5. The zero-order chi connectivity index (χ0) is 15.9. The van der Waals surface area contributed by atoms with Crippen molar-refractivity contribution in [2.45, 2.75) is 26.3 Å². The molecule has 0 radical (unpaired) electrons. The number of hydrogen-bond acceptors (Lipinski definition) is 4. The van der Waals surface area contributed by atoms with E-state index in [0.29, 0.717) is 22.5 Å². The molecule has 8 heteroatoms. The third kappa shape index (κ3) is 2.55. The third-order valence-corrected chi connectivity index (χ3v) is 3.90. The van der Waals surface area contributed by atoms with Crippen molar-refractivity contribution in [3.63, 3.8) is 0 Å². The summed E-state index contributed by atoms with van der Waals surface area (Å²) in [4.78, 5) is 28.2. The van der Waals surface area contributed by atoms with Crippen molar-refractivity contribution in [1.82, 2.24) is 14.8 Å². The minimum Gasteiger partial charge on any atom is -0.326 e. The molecule has 0 spiro atoms. The molecule has 0 saturated heterocycles. The highest BCUT2D eigenvalue weighted by Crippen LogP contribution is 2.27. The molecule has 1 aliphatic rings. The second-order valence-electron chi connectivity index (χ2n) is 5.10. The van der Waals surface area contributed by atoms with Crippen molar-refractivity contribution in [2.24, 2.45) is 0 Å². The van der Waals surface area contributed by atoms with Crippen LogP contribution in [0.4, 0.5) is 11.6 Å². The first-order valence-electron chi connectivity index (χ1n) is 6.74. The topological polar surface area (TPSA) is 88.9 Å². The zero-order valence-electron chi connectivity index (χ0n) is 12.1. The first kappa shape index (κ1) is 14.5. The molecule has 1 aromatic carbocycles. The molecule has 7 nitrogen and oxygen atoms in total. The van der Waals surface area contributed by atoms with Crippen molar-refractivity contribution >= 4 is 35.1 Å². The molecule has 3 rings (SSSR count). The molecular formula is C14H14ClN5O2. The Morgan fingerprint density at radius 1 is 1.45 bits per heavy atom. The van der Waals surface area contributed by atoms with E-state index in [1.54, 1.807) is 25.1 Å². The van der Waals surface area contributed by atoms with Crippen LogP contribution in [-0.2, 0) is 9.59 Å². The van der Waals surface area contributed by atoms with Crippen molar-refractivity contribution in [3.8, 4) is 0 Å². The number of carbonyl (C=O) groups excluding carboxylic acids is 2. The number of carbonyl (C=O) groups is 2. The number of halogens is 1. The molecule has 0 aliphatic carbocycles. The molecule has 2 heterocycles. The van der Waals surface area contributed by atoms with Gasteiger partial charge in [0.1, 0.15) is 11.9 Å². The van der Waals surface area contributed by atoms with Gasteiger partial charge in [0.2, 0.25) is 11.9 Å². The molecule has 1 aromatic heterocycles. The van der Waals surface area contributed by atoms with Gasteiger partial charge in [-0.05, 0) is 31.5 Å². The minimum atomic E-state index is -0.685. The smallest absolute Gasteiger partial charge is 0.252 e. The first-order chi connectivity index (χ1) is 10.5. The summed E-state index contributed by atoms with van der Waals surface area (Å²) in [5.74, 6) is 0.352. The van der Waals surface area contributed by atoms with Gasteiger partial charge < -0.3 is 5.32 Å². The molecule has 1 aliphatic heterocycles. The summed E-state index contributed by atoms with van der Waals surface area (Å²) in [6, 6.07) is 4.59. The normalized spacial score (nSPS) is 16.3.